The molecule has 0 aliphatic rings. The third-order valence-electron chi connectivity index (χ3n) is 5.13. The van der Waals surface area contributed by atoms with Crippen LogP contribution in [0.1, 0.15) is 36.7 Å². The first-order valence-electron chi connectivity index (χ1n) is 9.27. The summed E-state index contributed by atoms with van der Waals surface area (Å²) in [7, 11) is 1.70. The molecule has 3 rings (SSSR count). The number of hydrogen-bond acceptors (Lipinski definition) is 2. The first-order valence-corrected chi connectivity index (χ1v) is 9.27. The van der Waals surface area contributed by atoms with Crippen LogP contribution in [0.5, 0.6) is 0 Å². The monoisotopic (exact) mass is 381 g/mol. The highest BCUT2D eigenvalue weighted by molar-refractivity contribution is 5.91. The van der Waals surface area contributed by atoms with E-state index in [9.17, 15) is 14.0 Å². The molecule has 6 heteroatoms. The maximum Gasteiger partial charge on any atom is 0.322 e. The summed E-state index contributed by atoms with van der Waals surface area (Å²) in [6.45, 7) is 5.55. The lowest BCUT2D eigenvalue weighted by Crippen LogP contribution is -2.34. The van der Waals surface area contributed by atoms with Crippen molar-refractivity contribution >= 4 is 22.5 Å². The summed E-state index contributed by atoms with van der Waals surface area (Å²) in [6, 6.07) is 11.3. The van der Waals surface area contributed by atoms with Crippen LogP contribution in [0.15, 0.2) is 47.3 Å². The van der Waals surface area contributed by atoms with E-state index in [0.717, 1.165) is 16.6 Å². The summed E-state index contributed by atoms with van der Waals surface area (Å²) >= 11 is 0. The standard InChI is InChI=1S/C22H24FN3O2/c1-5-19-20(16-8-6-7-9-17(16)21(27)25-19)14(3)26(4)22(28)24-15-10-11-18(23)13(2)12-15/h6-12,14H,5H2,1-4H3,(H,24,28)(H,25,27). The molecule has 0 spiro atoms. The Morgan fingerprint density at radius 2 is 1.89 bits per heavy atom. The van der Waals surface area contributed by atoms with E-state index in [1.807, 2.05) is 32.0 Å². The summed E-state index contributed by atoms with van der Waals surface area (Å²) < 4.78 is 13.5. The number of aromatic amines is 1. The van der Waals surface area contributed by atoms with Crippen molar-refractivity contribution in [1.29, 1.82) is 0 Å². The maximum absolute atomic E-state index is 13.5. The molecular formula is C22H24FN3O2. The van der Waals surface area contributed by atoms with Crippen molar-refractivity contribution in [2.45, 2.75) is 33.2 Å². The highest BCUT2D eigenvalue weighted by Crippen LogP contribution is 2.29. The van der Waals surface area contributed by atoms with Crippen LogP contribution in [0, 0.1) is 12.7 Å². The average Bonchev–Trinajstić information content (AvgIpc) is 2.69. The van der Waals surface area contributed by atoms with Gasteiger partial charge in [-0.05, 0) is 55.5 Å². The van der Waals surface area contributed by atoms with E-state index in [1.165, 1.54) is 12.1 Å². The highest BCUT2D eigenvalue weighted by Gasteiger charge is 2.23. The number of benzene rings is 2. The van der Waals surface area contributed by atoms with Gasteiger partial charge in [0.05, 0.1) is 6.04 Å². The zero-order chi connectivity index (χ0) is 20.4. The van der Waals surface area contributed by atoms with Gasteiger partial charge in [-0.25, -0.2) is 9.18 Å². The molecule has 1 aromatic heterocycles. The molecule has 28 heavy (non-hydrogen) atoms. The van der Waals surface area contributed by atoms with Gasteiger partial charge < -0.3 is 15.2 Å². The predicted molar refractivity (Wildman–Crippen MR) is 110 cm³/mol. The molecule has 1 heterocycles. The lowest BCUT2D eigenvalue weighted by Gasteiger charge is -2.28. The van der Waals surface area contributed by atoms with Crippen molar-refractivity contribution in [2.75, 3.05) is 12.4 Å². The lowest BCUT2D eigenvalue weighted by molar-refractivity contribution is 0.208. The van der Waals surface area contributed by atoms with Gasteiger partial charge in [0.1, 0.15) is 5.82 Å². The van der Waals surface area contributed by atoms with Gasteiger partial charge in [-0.2, -0.15) is 0 Å². The second-order valence-corrected chi connectivity index (χ2v) is 6.93. The minimum atomic E-state index is -0.313. The number of fused-ring (bicyclic) bond motifs is 1. The molecule has 0 bridgehead atoms. The number of H-pyrrole nitrogens is 1. The van der Waals surface area contributed by atoms with Crippen molar-refractivity contribution in [2.24, 2.45) is 0 Å². The molecule has 146 valence electrons. The molecule has 1 atom stereocenters. The fourth-order valence-corrected chi connectivity index (χ4v) is 3.41. The first kappa shape index (κ1) is 19.6. The van der Waals surface area contributed by atoms with E-state index >= 15 is 0 Å². The number of carbonyl (C=O) groups excluding carboxylic acids is 1. The SMILES string of the molecule is CCc1[nH]c(=O)c2ccccc2c1C(C)N(C)C(=O)Nc1ccc(F)c(C)c1. The summed E-state index contributed by atoms with van der Waals surface area (Å²) in [5, 5.41) is 4.25. The fourth-order valence-electron chi connectivity index (χ4n) is 3.41. The number of anilines is 1. The highest BCUT2D eigenvalue weighted by atomic mass is 19.1. The van der Waals surface area contributed by atoms with Crippen LogP contribution < -0.4 is 10.9 Å². The van der Waals surface area contributed by atoms with Crippen LogP contribution in [-0.4, -0.2) is 23.0 Å². The van der Waals surface area contributed by atoms with Gasteiger partial charge in [0.15, 0.2) is 0 Å². The Balaban J connectivity index is 1.95. The predicted octanol–water partition coefficient (Wildman–Crippen LogP) is 4.76. The Kier molecular flexibility index (Phi) is 5.49. The molecule has 0 saturated carbocycles. The topological polar surface area (TPSA) is 65.2 Å². The van der Waals surface area contributed by atoms with Gasteiger partial charge in [0.2, 0.25) is 0 Å². The number of hydrogen-bond donors (Lipinski definition) is 2. The molecule has 2 amide bonds. The van der Waals surface area contributed by atoms with Gasteiger partial charge in [0.25, 0.3) is 5.56 Å². The van der Waals surface area contributed by atoms with Crippen LogP contribution in [-0.2, 0) is 6.42 Å². The third kappa shape index (κ3) is 3.63. The molecule has 0 radical (unpaired) electrons. The summed E-state index contributed by atoms with van der Waals surface area (Å²) in [4.78, 5) is 29.7. The first-order chi connectivity index (χ1) is 13.3. The molecule has 0 saturated heterocycles. The van der Waals surface area contributed by atoms with E-state index in [1.54, 1.807) is 31.0 Å². The third-order valence-corrected chi connectivity index (χ3v) is 5.13. The Bertz CT molecular complexity index is 1090. The van der Waals surface area contributed by atoms with Crippen molar-refractivity contribution in [3.63, 3.8) is 0 Å². The zero-order valence-electron chi connectivity index (χ0n) is 16.5. The zero-order valence-corrected chi connectivity index (χ0v) is 16.5. The van der Waals surface area contributed by atoms with Crippen LogP contribution >= 0.6 is 0 Å². The Labute approximate surface area is 163 Å². The second-order valence-electron chi connectivity index (χ2n) is 6.93. The number of urea groups is 1. The number of amides is 2. The Morgan fingerprint density at radius 1 is 1.21 bits per heavy atom. The number of rotatable bonds is 4. The van der Waals surface area contributed by atoms with Gasteiger partial charge in [-0.3, -0.25) is 4.79 Å². The van der Waals surface area contributed by atoms with Crippen molar-refractivity contribution in [3.05, 3.63) is 75.5 Å². The van der Waals surface area contributed by atoms with Gasteiger partial charge in [-0.15, -0.1) is 0 Å². The van der Waals surface area contributed by atoms with Crippen molar-refractivity contribution in [3.8, 4) is 0 Å². The summed E-state index contributed by atoms with van der Waals surface area (Å²) in [5.74, 6) is -0.313. The number of pyridine rings is 1. The van der Waals surface area contributed by atoms with E-state index in [0.29, 0.717) is 23.1 Å². The van der Waals surface area contributed by atoms with Gasteiger partial charge >= 0.3 is 6.03 Å². The number of nitrogens with zero attached hydrogens (tertiary/aromatic N) is 1. The van der Waals surface area contributed by atoms with Crippen molar-refractivity contribution < 1.29 is 9.18 Å². The van der Waals surface area contributed by atoms with Crippen molar-refractivity contribution in [1.82, 2.24) is 9.88 Å². The molecule has 0 aliphatic heterocycles. The van der Waals surface area contributed by atoms with Crippen LogP contribution in [0.25, 0.3) is 10.8 Å². The minimum Gasteiger partial charge on any atom is -0.325 e. The molecular weight excluding hydrogens is 357 g/mol. The Morgan fingerprint density at radius 3 is 2.54 bits per heavy atom. The van der Waals surface area contributed by atoms with Crippen LogP contribution in [0.2, 0.25) is 0 Å². The molecule has 1 unspecified atom stereocenters. The van der Waals surface area contributed by atoms with Gasteiger partial charge in [-0.1, -0.05) is 25.1 Å². The molecule has 2 aromatic carbocycles. The number of nitrogens with one attached hydrogen (secondary N) is 2. The molecule has 0 fully saturated rings. The smallest absolute Gasteiger partial charge is 0.322 e. The second kappa shape index (κ2) is 7.84. The van der Waals surface area contributed by atoms with Crippen LogP contribution in [0.4, 0.5) is 14.9 Å². The normalized spacial score (nSPS) is 12.0. The fraction of sp³-hybridized carbons (Fsp3) is 0.273. The number of aryl methyl sites for hydroxylation is 2. The van der Waals surface area contributed by atoms with E-state index in [2.05, 4.69) is 10.3 Å². The molecule has 3 aromatic rings. The minimum absolute atomic E-state index is 0.128. The van der Waals surface area contributed by atoms with E-state index in [-0.39, 0.29) is 23.4 Å². The number of aromatic nitrogens is 1. The number of halogens is 1. The quantitative estimate of drug-likeness (QED) is 0.684. The average molecular weight is 381 g/mol. The molecule has 0 aliphatic carbocycles. The lowest BCUT2D eigenvalue weighted by atomic mass is 9.97. The largest absolute Gasteiger partial charge is 0.325 e. The van der Waals surface area contributed by atoms with E-state index in [4.69, 9.17) is 0 Å². The summed E-state index contributed by atoms with van der Waals surface area (Å²) in [6.07, 6.45) is 0.645. The summed E-state index contributed by atoms with van der Waals surface area (Å²) in [5.41, 5.74) is 2.61. The Hall–Kier alpha value is -3.15. The molecule has 2 N–H and O–H groups in total. The van der Waals surface area contributed by atoms with Gasteiger partial charge in [0, 0.05) is 29.4 Å². The van der Waals surface area contributed by atoms with Crippen LogP contribution in [0.3, 0.4) is 0 Å². The molecule has 5 nitrogen and oxygen atoms in total. The maximum atomic E-state index is 13.5. The van der Waals surface area contributed by atoms with E-state index < -0.39 is 0 Å². The number of carbonyl (C=O) groups is 1.